The van der Waals surface area contributed by atoms with Crippen LogP contribution in [0.3, 0.4) is 0 Å². The van der Waals surface area contributed by atoms with Crippen molar-refractivity contribution in [3.8, 4) is 0 Å². The van der Waals surface area contributed by atoms with E-state index in [0.717, 1.165) is 32.0 Å². The van der Waals surface area contributed by atoms with Crippen LogP contribution >= 0.6 is 0 Å². The van der Waals surface area contributed by atoms with Crippen LogP contribution in [-0.2, 0) is 4.43 Å². The lowest BCUT2D eigenvalue weighted by Gasteiger charge is -2.25. The zero-order valence-corrected chi connectivity index (χ0v) is 15.0. The van der Waals surface area contributed by atoms with Gasteiger partial charge >= 0.3 is 9.36 Å². The molecule has 1 aliphatic rings. The van der Waals surface area contributed by atoms with Gasteiger partial charge in [-0.15, -0.1) is 0 Å². The summed E-state index contributed by atoms with van der Waals surface area (Å²) in [7, 11) is -1.49. The summed E-state index contributed by atoms with van der Waals surface area (Å²) < 4.78 is 6.10. The first-order valence-electron chi connectivity index (χ1n) is 8.52. The fraction of sp³-hybridized carbons (Fsp3) is 1.00. The number of rotatable bonds is 11. The highest BCUT2D eigenvalue weighted by atomic mass is 28.3. The highest BCUT2D eigenvalue weighted by Gasteiger charge is 2.17. The largest absolute Gasteiger partial charge is 0.393 e. The fourth-order valence-electron chi connectivity index (χ4n) is 2.47. The van der Waals surface area contributed by atoms with Crippen molar-refractivity contribution in [3.63, 3.8) is 0 Å². The minimum absolute atomic E-state index is 0.533. The van der Waals surface area contributed by atoms with Crippen molar-refractivity contribution >= 4 is 9.36 Å². The van der Waals surface area contributed by atoms with Gasteiger partial charge in [0.2, 0.25) is 0 Å². The number of hydrogen-bond acceptors (Lipinski definition) is 4. The summed E-state index contributed by atoms with van der Waals surface area (Å²) in [4.78, 5) is 7.28. The molecule has 0 aromatic carbocycles. The van der Waals surface area contributed by atoms with Gasteiger partial charge in [0.1, 0.15) is 0 Å². The standard InChI is InChI=1S/C15H35N3OSi/c1-5-13(3)17-20(18-14(4)6-2)19-12-11-16-15-9-7-8-10-15/h13-18,20H,5-12H2,1-4H3. The van der Waals surface area contributed by atoms with E-state index in [2.05, 4.69) is 43.0 Å². The van der Waals surface area contributed by atoms with E-state index in [4.69, 9.17) is 4.43 Å². The first-order valence-corrected chi connectivity index (χ1v) is 10.1. The Morgan fingerprint density at radius 1 is 1.05 bits per heavy atom. The van der Waals surface area contributed by atoms with Crippen LogP contribution in [0.4, 0.5) is 0 Å². The Balaban J connectivity index is 2.20. The van der Waals surface area contributed by atoms with Crippen LogP contribution in [-0.4, -0.2) is 40.6 Å². The molecule has 0 spiro atoms. The molecule has 0 aromatic heterocycles. The maximum atomic E-state index is 6.10. The van der Waals surface area contributed by atoms with E-state index >= 15 is 0 Å². The normalized spacial score (nSPS) is 21.0. The minimum atomic E-state index is -1.49. The summed E-state index contributed by atoms with van der Waals surface area (Å²) in [6.45, 7) is 10.7. The summed E-state index contributed by atoms with van der Waals surface area (Å²) in [5, 5.41) is 3.61. The van der Waals surface area contributed by atoms with Gasteiger partial charge in [-0.25, -0.2) is 0 Å². The lowest BCUT2D eigenvalue weighted by Crippen LogP contribution is -2.56. The smallest absolute Gasteiger partial charge is 0.335 e. The average Bonchev–Trinajstić information content (AvgIpc) is 2.96. The quantitative estimate of drug-likeness (QED) is 0.404. The zero-order valence-electron chi connectivity index (χ0n) is 13.9. The van der Waals surface area contributed by atoms with Gasteiger partial charge in [0, 0.05) is 31.3 Å². The van der Waals surface area contributed by atoms with Gasteiger partial charge in [-0.1, -0.05) is 40.5 Å². The van der Waals surface area contributed by atoms with Crippen LogP contribution in [0.2, 0.25) is 0 Å². The zero-order chi connectivity index (χ0) is 14.8. The lowest BCUT2D eigenvalue weighted by molar-refractivity contribution is 0.283. The number of nitrogens with one attached hydrogen (secondary N) is 3. The second-order valence-electron chi connectivity index (χ2n) is 6.14. The molecule has 5 heteroatoms. The first kappa shape index (κ1) is 18.1. The van der Waals surface area contributed by atoms with Gasteiger partial charge in [-0.05, 0) is 25.7 Å². The summed E-state index contributed by atoms with van der Waals surface area (Å²) in [5.74, 6) is 0. The Bertz CT molecular complexity index is 225. The third-order valence-corrected chi connectivity index (χ3v) is 6.58. The van der Waals surface area contributed by atoms with Crippen molar-refractivity contribution in [2.45, 2.75) is 84.3 Å². The lowest BCUT2D eigenvalue weighted by atomic mass is 10.2. The SMILES string of the molecule is CCC(C)N[SiH](NC(C)CC)OCCNC1CCCC1. The monoisotopic (exact) mass is 301 g/mol. The second-order valence-corrected chi connectivity index (χ2v) is 7.90. The van der Waals surface area contributed by atoms with Crippen molar-refractivity contribution in [2.24, 2.45) is 0 Å². The van der Waals surface area contributed by atoms with Crippen molar-refractivity contribution in [1.29, 1.82) is 0 Å². The van der Waals surface area contributed by atoms with E-state index in [9.17, 15) is 0 Å². The fourth-order valence-corrected chi connectivity index (χ4v) is 4.61. The topological polar surface area (TPSA) is 45.3 Å². The Hall–Kier alpha value is 0.0569. The molecular formula is C15H35N3OSi. The molecule has 0 bridgehead atoms. The Labute approximate surface area is 127 Å². The Kier molecular flexibility index (Phi) is 9.72. The van der Waals surface area contributed by atoms with E-state index in [1.807, 2.05) is 0 Å². The van der Waals surface area contributed by atoms with Gasteiger partial charge in [0.15, 0.2) is 0 Å². The molecule has 0 aliphatic heterocycles. The molecule has 0 aromatic rings. The maximum absolute atomic E-state index is 6.10. The Morgan fingerprint density at radius 3 is 2.10 bits per heavy atom. The van der Waals surface area contributed by atoms with Crippen molar-refractivity contribution in [2.75, 3.05) is 13.2 Å². The molecule has 3 N–H and O–H groups in total. The van der Waals surface area contributed by atoms with Crippen LogP contribution in [0.25, 0.3) is 0 Å². The van der Waals surface area contributed by atoms with Crippen LogP contribution in [0.1, 0.15) is 66.2 Å². The molecule has 4 nitrogen and oxygen atoms in total. The highest BCUT2D eigenvalue weighted by Crippen LogP contribution is 2.17. The van der Waals surface area contributed by atoms with Crippen LogP contribution < -0.4 is 15.3 Å². The van der Waals surface area contributed by atoms with Gasteiger partial charge < -0.3 is 19.7 Å². The molecule has 0 amide bonds. The molecule has 0 heterocycles. The summed E-state index contributed by atoms with van der Waals surface area (Å²) in [6, 6.07) is 1.81. The molecule has 1 saturated carbocycles. The van der Waals surface area contributed by atoms with Gasteiger partial charge in [0.05, 0.1) is 0 Å². The van der Waals surface area contributed by atoms with Gasteiger partial charge in [-0.3, -0.25) is 0 Å². The average molecular weight is 302 g/mol. The van der Waals surface area contributed by atoms with Crippen molar-refractivity contribution in [3.05, 3.63) is 0 Å². The van der Waals surface area contributed by atoms with Crippen LogP contribution in [0.5, 0.6) is 0 Å². The van der Waals surface area contributed by atoms with E-state index in [1.165, 1.54) is 25.7 Å². The minimum Gasteiger partial charge on any atom is -0.393 e. The number of hydrogen-bond donors (Lipinski definition) is 3. The summed E-state index contributed by atoms with van der Waals surface area (Å²) in [5.41, 5.74) is 0. The first-order chi connectivity index (χ1) is 9.65. The molecule has 0 saturated heterocycles. The molecule has 20 heavy (non-hydrogen) atoms. The van der Waals surface area contributed by atoms with Crippen molar-refractivity contribution < 1.29 is 4.43 Å². The van der Waals surface area contributed by atoms with Gasteiger partial charge in [-0.2, -0.15) is 0 Å². The summed E-state index contributed by atoms with van der Waals surface area (Å²) >= 11 is 0. The molecule has 2 atom stereocenters. The summed E-state index contributed by atoms with van der Waals surface area (Å²) in [6.07, 6.45) is 7.76. The molecular weight excluding hydrogens is 266 g/mol. The van der Waals surface area contributed by atoms with E-state index in [0.29, 0.717) is 12.1 Å². The maximum Gasteiger partial charge on any atom is 0.335 e. The predicted molar refractivity (Wildman–Crippen MR) is 89.1 cm³/mol. The van der Waals surface area contributed by atoms with E-state index in [-0.39, 0.29) is 0 Å². The Morgan fingerprint density at radius 2 is 1.60 bits per heavy atom. The van der Waals surface area contributed by atoms with E-state index in [1.54, 1.807) is 0 Å². The molecule has 1 aliphatic carbocycles. The second kappa shape index (κ2) is 10.7. The highest BCUT2D eigenvalue weighted by molar-refractivity contribution is 6.46. The molecule has 1 rings (SSSR count). The third-order valence-electron chi connectivity index (χ3n) is 4.27. The molecule has 0 radical (unpaired) electrons. The third kappa shape index (κ3) is 7.74. The van der Waals surface area contributed by atoms with Crippen LogP contribution in [0, 0.1) is 0 Å². The predicted octanol–water partition coefficient (Wildman–Crippen LogP) is 2.03. The molecule has 120 valence electrons. The molecule has 1 fully saturated rings. The van der Waals surface area contributed by atoms with Crippen molar-refractivity contribution in [1.82, 2.24) is 15.3 Å². The van der Waals surface area contributed by atoms with Gasteiger partial charge in [0.25, 0.3) is 0 Å². The van der Waals surface area contributed by atoms with Crippen LogP contribution in [0.15, 0.2) is 0 Å². The molecule has 2 unspecified atom stereocenters. The van der Waals surface area contributed by atoms with E-state index < -0.39 is 9.36 Å².